The van der Waals surface area contributed by atoms with Crippen LogP contribution in [0.4, 0.5) is 4.39 Å². The standard InChI is InChI=1S/C17H26FN3O.ClH/c1-13-3-2-10-21(16(13)11-19)12-17(22)20-9-8-14-4-6-15(18)7-5-14;/h4-7,13,16H,2-3,8-12,19H2,1H3,(H,20,22);1H. The normalized spacial score (nSPS) is 21.5. The Morgan fingerprint density at radius 3 is 2.74 bits per heavy atom. The smallest absolute Gasteiger partial charge is 0.234 e. The first-order chi connectivity index (χ1) is 10.6. The van der Waals surface area contributed by atoms with Crippen LogP contribution >= 0.6 is 12.4 Å². The number of halogens is 2. The van der Waals surface area contributed by atoms with Crippen LogP contribution in [0.3, 0.4) is 0 Å². The van der Waals surface area contributed by atoms with E-state index in [1.165, 1.54) is 18.6 Å². The van der Waals surface area contributed by atoms with E-state index in [4.69, 9.17) is 5.73 Å². The summed E-state index contributed by atoms with van der Waals surface area (Å²) < 4.78 is 12.8. The van der Waals surface area contributed by atoms with Gasteiger partial charge in [-0.2, -0.15) is 0 Å². The number of nitrogens with zero attached hydrogens (tertiary/aromatic N) is 1. The van der Waals surface area contributed by atoms with Crippen molar-refractivity contribution in [3.8, 4) is 0 Å². The van der Waals surface area contributed by atoms with Gasteiger partial charge in [0.25, 0.3) is 0 Å². The van der Waals surface area contributed by atoms with E-state index >= 15 is 0 Å². The first-order valence-electron chi connectivity index (χ1n) is 8.05. The molecule has 0 aliphatic carbocycles. The second kappa shape index (κ2) is 9.85. The van der Waals surface area contributed by atoms with Crippen LogP contribution < -0.4 is 11.1 Å². The molecule has 4 nitrogen and oxygen atoms in total. The summed E-state index contributed by atoms with van der Waals surface area (Å²) in [6.07, 6.45) is 3.02. The van der Waals surface area contributed by atoms with Gasteiger partial charge in [-0.3, -0.25) is 9.69 Å². The van der Waals surface area contributed by atoms with Crippen LogP contribution in [-0.2, 0) is 11.2 Å². The van der Waals surface area contributed by atoms with Crippen LogP contribution in [-0.4, -0.2) is 43.0 Å². The predicted octanol–water partition coefficient (Wildman–Crippen LogP) is 1.97. The zero-order chi connectivity index (χ0) is 15.9. The molecular weight excluding hydrogens is 317 g/mol. The highest BCUT2D eigenvalue weighted by Gasteiger charge is 2.28. The lowest BCUT2D eigenvalue weighted by atomic mass is 9.91. The Labute approximate surface area is 144 Å². The molecule has 2 rings (SSSR count). The number of carbonyl (C=O) groups is 1. The fourth-order valence-electron chi connectivity index (χ4n) is 3.15. The average Bonchev–Trinajstić information content (AvgIpc) is 2.49. The molecule has 2 atom stereocenters. The maximum absolute atomic E-state index is 12.8. The molecule has 6 heteroatoms. The molecule has 1 heterocycles. The van der Waals surface area contributed by atoms with Crippen LogP contribution in [0, 0.1) is 11.7 Å². The van der Waals surface area contributed by atoms with E-state index in [1.807, 2.05) is 0 Å². The number of nitrogens with one attached hydrogen (secondary N) is 1. The van der Waals surface area contributed by atoms with Gasteiger partial charge < -0.3 is 11.1 Å². The van der Waals surface area contributed by atoms with E-state index in [2.05, 4.69) is 17.1 Å². The van der Waals surface area contributed by atoms with Gasteiger partial charge >= 0.3 is 0 Å². The van der Waals surface area contributed by atoms with E-state index in [9.17, 15) is 9.18 Å². The molecule has 2 unspecified atom stereocenters. The molecule has 1 fully saturated rings. The van der Waals surface area contributed by atoms with E-state index in [0.717, 1.165) is 18.5 Å². The minimum Gasteiger partial charge on any atom is -0.355 e. The number of amides is 1. The Morgan fingerprint density at radius 2 is 2.09 bits per heavy atom. The summed E-state index contributed by atoms with van der Waals surface area (Å²) in [7, 11) is 0. The van der Waals surface area contributed by atoms with Gasteiger partial charge in [0.15, 0.2) is 0 Å². The minimum absolute atomic E-state index is 0. The van der Waals surface area contributed by atoms with Crippen molar-refractivity contribution in [2.45, 2.75) is 32.2 Å². The van der Waals surface area contributed by atoms with Gasteiger partial charge in [-0.05, 0) is 49.4 Å². The number of piperidine rings is 1. The number of nitrogens with two attached hydrogens (primary N) is 1. The number of benzene rings is 1. The number of hydrogen-bond acceptors (Lipinski definition) is 3. The van der Waals surface area contributed by atoms with E-state index in [1.54, 1.807) is 12.1 Å². The Bertz CT molecular complexity index is 483. The van der Waals surface area contributed by atoms with Crippen LogP contribution in [0.5, 0.6) is 0 Å². The largest absolute Gasteiger partial charge is 0.355 e. The Kier molecular flexibility index (Phi) is 8.52. The highest BCUT2D eigenvalue weighted by atomic mass is 35.5. The van der Waals surface area contributed by atoms with Crippen LogP contribution in [0.2, 0.25) is 0 Å². The first kappa shape index (κ1) is 19.9. The zero-order valence-electron chi connectivity index (χ0n) is 13.6. The molecule has 1 saturated heterocycles. The van der Waals surface area contributed by atoms with E-state index in [0.29, 0.717) is 38.0 Å². The molecule has 1 aromatic carbocycles. The average molecular weight is 344 g/mol. The molecule has 1 aromatic rings. The van der Waals surface area contributed by atoms with E-state index in [-0.39, 0.29) is 24.1 Å². The van der Waals surface area contributed by atoms with Crippen LogP contribution in [0.15, 0.2) is 24.3 Å². The topological polar surface area (TPSA) is 58.4 Å². The van der Waals surface area contributed by atoms with Crippen molar-refractivity contribution in [1.29, 1.82) is 0 Å². The molecule has 23 heavy (non-hydrogen) atoms. The first-order valence-corrected chi connectivity index (χ1v) is 8.05. The number of carbonyl (C=O) groups excluding carboxylic acids is 1. The Morgan fingerprint density at radius 1 is 1.39 bits per heavy atom. The summed E-state index contributed by atoms with van der Waals surface area (Å²) in [6.45, 7) is 4.73. The minimum atomic E-state index is -0.236. The van der Waals surface area contributed by atoms with Crippen LogP contribution in [0.1, 0.15) is 25.3 Å². The molecule has 0 bridgehead atoms. The van der Waals surface area contributed by atoms with Gasteiger partial charge in [0, 0.05) is 19.1 Å². The molecular formula is C17H27ClFN3O. The highest BCUT2D eigenvalue weighted by Crippen LogP contribution is 2.21. The molecule has 1 aliphatic heterocycles. The Hall–Kier alpha value is -1.17. The van der Waals surface area contributed by atoms with Crippen LogP contribution in [0.25, 0.3) is 0 Å². The van der Waals surface area contributed by atoms with Crippen molar-refractivity contribution in [2.75, 3.05) is 26.2 Å². The third kappa shape index (κ3) is 6.09. The fourth-order valence-corrected chi connectivity index (χ4v) is 3.15. The summed E-state index contributed by atoms with van der Waals surface area (Å²) in [5.74, 6) is 0.347. The lowest BCUT2D eigenvalue weighted by Crippen LogP contribution is -2.52. The SMILES string of the molecule is CC1CCCN(CC(=O)NCCc2ccc(F)cc2)C1CN.Cl. The Balaban J connectivity index is 0.00000264. The zero-order valence-corrected chi connectivity index (χ0v) is 14.4. The predicted molar refractivity (Wildman–Crippen MR) is 93.2 cm³/mol. The third-order valence-electron chi connectivity index (χ3n) is 4.47. The van der Waals surface area contributed by atoms with Crippen molar-refractivity contribution < 1.29 is 9.18 Å². The molecule has 0 aromatic heterocycles. The lowest BCUT2D eigenvalue weighted by Gasteiger charge is -2.38. The van der Waals surface area contributed by atoms with Crippen molar-refractivity contribution in [1.82, 2.24) is 10.2 Å². The lowest BCUT2D eigenvalue weighted by molar-refractivity contribution is -0.123. The second-order valence-corrected chi connectivity index (χ2v) is 6.12. The van der Waals surface area contributed by atoms with Gasteiger partial charge in [0.2, 0.25) is 5.91 Å². The molecule has 0 radical (unpaired) electrons. The summed E-state index contributed by atoms with van der Waals surface area (Å²) >= 11 is 0. The van der Waals surface area contributed by atoms with Crippen molar-refractivity contribution >= 4 is 18.3 Å². The van der Waals surface area contributed by atoms with Gasteiger partial charge in [-0.25, -0.2) is 4.39 Å². The maximum Gasteiger partial charge on any atom is 0.234 e. The fraction of sp³-hybridized carbons (Fsp3) is 0.588. The molecule has 0 spiro atoms. The van der Waals surface area contributed by atoms with Gasteiger partial charge in [-0.1, -0.05) is 19.1 Å². The second-order valence-electron chi connectivity index (χ2n) is 6.12. The molecule has 1 amide bonds. The van der Waals surface area contributed by atoms with Gasteiger partial charge in [0.1, 0.15) is 5.82 Å². The third-order valence-corrected chi connectivity index (χ3v) is 4.47. The van der Waals surface area contributed by atoms with E-state index < -0.39 is 0 Å². The number of rotatable bonds is 6. The quantitative estimate of drug-likeness (QED) is 0.830. The molecule has 1 aliphatic rings. The summed E-state index contributed by atoms with van der Waals surface area (Å²) in [5, 5.41) is 2.94. The van der Waals surface area contributed by atoms with Gasteiger partial charge in [0.05, 0.1) is 6.54 Å². The molecule has 130 valence electrons. The van der Waals surface area contributed by atoms with Gasteiger partial charge in [-0.15, -0.1) is 12.4 Å². The highest BCUT2D eigenvalue weighted by molar-refractivity contribution is 5.85. The summed E-state index contributed by atoms with van der Waals surface area (Å²) in [4.78, 5) is 14.3. The van der Waals surface area contributed by atoms with Crippen molar-refractivity contribution in [3.05, 3.63) is 35.6 Å². The monoisotopic (exact) mass is 343 g/mol. The summed E-state index contributed by atoms with van der Waals surface area (Å²) in [5.41, 5.74) is 6.87. The molecule has 0 saturated carbocycles. The maximum atomic E-state index is 12.8. The number of likely N-dealkylation sites (tertiary alicyclic amines) is 1. The number of hydrogen-bond donors (Lipinski definition) is 2. The molecule has 3 N–H and O–H groups in total. The summed E-state index contributed by atoms with van der Waals surface area (Å²) in [6, 6.07) is 6.68. The van der Waals surface area contributed by atoms with Crippen molar-refractivity contribution in [2.24, 2.45) is 11.7 Å². The van der Waals surface area contributed by atoms with Crippen molar-refractivity contribution in [3.63, 3.8) is 0 Å².